The van der Waals surface area contributed by atoms with Gasteiger partial charge in [-0.25, -0.2) is 0 Å². The Morgan fingerprint density at radius 3 is 2.36 bits per heavy atom. The lowest BCUT2D eigenvalue weighted by Gasteiger charge is -2.23. The van der Waals surface area contributed by atoms with Gasteiger partial charge in [-0.3, -0.25) is 14.8 Å². The quantitative estimate of drug-likeness (QED) is 0.503. The van der Waals surface area contributed by atoms with E-state index in [1.165, 1.54) is 5.56 Å². The van der Waals surface area contributed by atoms with Crippen LogP contribution in [0.1, 0.15) is 21.6 Å². The second-order valence-corrected chi connectivity index (χ2v) is 6.70. The minimum absolute atomic E-state index is 0.0513. The van der Waals surface area contributed by atoms with E-state index in [0.717, 1.165) is 22.8 Å². The molecule has 0 saturated carbocycles. The molecule has 0 unspecified atom stereocenters. The summed E-state index contributed by atoms with van der Waals surface area (Å²) >= 11 is 0. The van der Waals surface area contributed by atoms with Gasteiger partial charge in [-0.2, -0.15) is 0 Å². The molecule has 0 N–H and O–H groups in total. The minimum Gasteiger partial charge on any atom is -0.333 e. The highest BCUT2D eigenvalue weighted by molar-refractivity contribution is 6.05. The van der Waals surface area contributed by atoms with E-state index in [9.17, 15) is 4.79 Å². The fourth-order valence-electron chi connectivity index (χ4n) is 3.31. The largest absolute Gasteiger partial charge is 0.333 e. The fraction of sp³-hybridized carbons (Fsp3) is 0.125. The minimum atomic E-state index is -0.0513. The van der Waals surface area contributed by atoms with Crippen LogP contribution in [0, 0.1) is 0 Å². The number of fused-ring (bicyclic) bond motifs is 1. The number of carbonyl (C=O) groups is 1. The molecule has 1 amide bonds. The lowest BCUT2D eigenvalue weighted by atomic mass is 10.1. The van der Waals surface area contributed by atoms with E-state index >= 15 is 0 Å². The Hall–Kier alpha value is -3.53. The normalized spacial score (nSPS) is 10.7. The molecule has 4 nitrogen and oxygen atoms in total. The maximum atomic E-state index is 13.4. The Bertz CT molecular complexity index is 1060. The highest BCUT2D eigenvalue weighted by Gasteiger charge is 2.19. The van der Waals surface area contributed by atoms with Crippen LogP contribution in [-0.2, 0) is 13.0 Å². The third-order valence-corrected chi connectivity index (χ3v) is 4.80. The van der Waals surface area contributed by atoms with Crippen molar-refractivity contribution in [2.24, 2.45) is 0 Å². The van der Waals surface area contributed by atoms with Gasteiger partial charge < -0.3 is 4.90 Å². The van der Waals surface area contributed by atoms with Gasteiger partial charge in [0.15, 0.2) is 0 Å². The molecule has 0 spiro atoms. The second kappa shape index (κ2) is 8.44. The molecule has 0 aliphatic rings. The predicted octanol–water partition coefficient (Wildman–Crippen LogP) is 4.51. The van der Waals surface area contributed by atoms with E-state index in [2.05, 4.69) is 22.1 Å². The van der Waals surface area contributed by atoms with Crippen molar-refractivity contribution in [3.05, 3.63) is 108 Å². The first kappa shape index (κ1) is 17.9. The van der Waals surface area contributed by atoms with Crippen LogP contribution in [0.5, 0.6) is 0 Å². The van der Waals surface area contributed by atoms with Gasteiger partial charge in [0.1, 0.15) is 5.69 Å². The number of nitrogens with zero attached hydrogens (tertiary/aromatic N) is 3. The molecule has 0 saturated heterocycles. The molecule has 2 heterocycles. The molecule has 138 valence electrons. The van der Waals surface area contributed by atoms with Crippen LogP contribution in [0.25, 0.3) is 10.8 Å². The number of pyridine rings is 2. The SMILES string of the molecule is O=C(c1nccc2ccccc12)N(CCc1ccccc1)Cc1ccncc1. The first-order valence-corrected chi connectivity index (χ1v) is 9.37. The van der Waals surface area contributed by atoms with Gasteiger partial charge >= 0.3 is 0 Å². The maximum Gasteiger partial charge on any atom is 0.273 e. The van der Waals surface area contributed by atoms with E-state index in [1.807, 2.05) is 65.6 Å². The van der Waals surface area contributed by atoms with Gasteiger partial charge in [-0.15, -0.1) is 0 Å². The zero-order valence-corrected chi connectivity index (χ0v) is 15.5. The summed E-state index contributed by atoms with van der Waals surface area (Å²) in [4.78, 5) is 23.8. The standard InChI is InChI=1S/C24H21N3O/c28-24(23-22-9-5-4-8-21(22)12-16-26-23)27(18-20-10-14-25-15-11-20)17-13-19-6-2-1-3-7-19/h1-12,14-16H,13,17-18H2. The van der Waals surface area contributed by atoms with Gasteiger partial charge in [0, 0.05) is 37.1 Å². The van der Waals surface area contributed by atoms with Crippen molar-refractivity contribution in [3.8, 4) is 0 Å². The van der Waals surface area contributed by atoms with Crippen LogP contribution in [0.2, 0.25) is 0 Å². The molecule has 2 aromatic heterocycles. The van der Waals surface area contributed by atoms with Crippen molar-refractivity contribution >= 4 is 16.7 Å². The maximum absolute atomic E-state index is 13.4. The number of aromatic nitrogens is 2. The summed E-state index contributed by atoms with van der Waals surface area (Å²) in [6.07, 6.45) is 6.01. The molecule has 2 aromatic carbocycles. The molecule has 0 bridgehead atoms. The van der Waals surface area contributed by atoms with Crippen molar-refractivity contribution in [2.75, 3.05) is 6.54 Å². The number of amides is 1. The summed E-state index contributed by atoms with van der Waals surface area (Å²) in [5, 5.41) is 1.90. The average Bonchev–Trinajstić information content (AvgIpc) is 2.77. The molecule has 0 aliphatic heterocycles. The summed E-state index contributed by atoms with van der Waals surface area (Å²) in [5.74, 6) is -0.0513. The molecule has 4 heteroatoms. The van der Waals surface area contributed by atoms with Gasteiger partial charge in [0.05, 0.1) is 0 Å². The summed E-state index contributed by atoms with van der Waals surface area (Å²) in [6.45, 7) is 1.15. The molecule has 28 heavy (non-hydrogen) atoms. The van der Waals surface area contributed by atoms with Crippen LogP contribution >= 0.6 is 0 Å². The zero-order chi connectivity index (χ0) is 19.2. The monoisotopic (exact) mass is 367 g/mol. The lowest BCUT2D eigenvalue weighted by Crippen LogP contribution is -2.33. The molecular weight excluding hydrogens is 346 g/mol. The van der Waals surface area contributed by atoms with Crippen LogP contribution in [0.15, 0.2) is 91.4 Å². The lowest BCUT2D eigenvalue weighted by molar-refractivity contribution is 0.0741. The Morgan fingerprint density at radius 2 is 1.54 bits per heavy atom. The number of benzene rings is 2. The van der Waals surface area contributed by atoms with Crippen molar-refractivity contribution < 1.29 is 4.79 Å². The highest BCUT2D eigenvalue weighted by Crippen LogP contribution is 2.19. The summed E-state index contributed by atoms with van der Waals surface area (Å²) in [6, 6.07) is 23.9. The smallest absolute Gasteiger partial charge is 0.273 e. The molecule has 4 aromatic rings. The van der Waals surface area contributed by atoms with E-state index in [1.54, 1.807) is 18.6 Å². The van der Waals surface area contributed by atoms with E-state index in [4.69, 9.17) is 0 Å². The predicted molar refractivity (Wildman–Crippen MR) is 111 cm³/mol. The molecule has 4 rings (SSSR count). The van der Waals surface area contributed by atoms with E-state index < -0.39 is 0 Å². The van der Waals surface area contributed by atoms with Crippen LogP contribution in [0.3, 0.4) is 0 Å². The van der Waals surface area contributed by atoms with E-state index in [-0.39, 0.29) is 5.91 Å². The van der Waals surface area contributed by atoms with Crippen molar-refractivity contribution in [3.63, 3.8) is 0 Å². The first-order chi connectivity index (χ1) is 13.8. The van der Waals surface area contributed by atoms with Gasteiger partial charge in [-0.05, 0) is 41.1 Å². The Labute approximate surface area is 164 Å². The fourth-order valence-corrected chi connectivity index (χ4v) is 3.31. The zero-order valence-electron chi connectivity index (χ0n) is 15.5. The number of carbonyl (C=O) groups excluding carboxylic acids is 1. The molecule has 0 aliphatic carbocycles. The molecular formula is C24H21N3O. The van der Waals surface area contributed by atoms with E-state index in [0.29, 0.717) is 18.8 Å². The first-order valence-electron chi connectivity index (χ1n) is 9.37. The summed E-state index contributed by atoms with van der Waals surface area (Å²) in [7, 11) is 0. The van der Waals surface area contributed by atoms with Gasteiger partial charge in [0.2, 0.25) is 0 Å². The van der Waals surface area contributed by atoms with Crippen molar-refractivity contribution in [1.82, 2.24) is 14.9 Å². The number of hydrogen-bond acceptors (Lipinski definition) is 3. The molecule has 0 radical (unpaired) electrons. The third-order valence-electron chi connectivity index (χ3n) is 4.80. The molecule has 0 fully saturated rings. The van der Waals surface area contributed by atoms with Crippen LogP contribution < -0.4 is 0 Å². The number of rotatable bonds is 6. The van der Waals surface area contributed by atoms with Gasteiger partial charge in [-0.1, -0.05) is 54.6 Å². The van der Waals surface area contributed by atoms with Crippen LogP contribution in [-0.4, -0.2) is 27.3 Å². The Kier molecular flexibility index (Phi) is 5.38. The van der Waals surface area contributed by atoms with Gasteiger partial charge in [0.25, 0.3) is 5.91 Å². The van der Waals surface area contributed by atoms with Crippen LogP contribution in [0.4, 0.5) is 0 Å². The Balaban J connectivity index is 1.64. The van der Waals surface area contributed by atoms with Crippen molar-refractivity contribution in [2.45, 2.75) is 13.0 Å². The second-order valence-electron chi connectivity index (χ2n) is 6.70. The third kappa shape index (κ3) is 4.07. The summed E-state index contributed by atoms with van der Waals surface area (Å²) in [5.41, 5.74) is 2.76. The number of hydrogen-bond donors (Lipinski definition) is 0. The van der Waals surface area contributed by atoms with Crippen molar-refractivity contribution in [1.29, 1.82) is 0 Å². The summed E-state index contributed by atoms with van der Waals surface area (Å²) < 4.78 is 0. The average molecular weight is 367 g/mol. The highest BCUT2D eigenvalue weighted by atomic mass is 16.2. The molecule has 0 atom stereocenters. The Morgan fingerprint density at radius 1 is 0.786 bits per heavy atom. The topological polar surface area (TPSA) is 46.1 Å².